The van der Waals surface area contributed by atoms with Crippen LogP contribution in [-0.2, 0) is 19.1 Å². The second-order valence-corrected chi connectivity index (χ2v) is 9.80. The molecule has 7 heteroatoms. The summed E-state index contributed by atoms with van der Waals surface area (Å²) in [5.74, 6) is 0.494. The second-order valence-electron chi connectivity index (χ2n) is 9.80. The van der Waals surface area contributed by atoms with Gasteiger partial charge in [-0.25, -0.2) is 4.79 Å². The van der Waals surface area contributed by atoms with Gasteiger partial charge in [0.25, 0.3) is 0 Å². The minimum Gasteiger partial charge on any atom is -0.481 e. The van der Waals surface area contributed by atoms with Crippen molar-refractivity contribution >= 4 is 34.7 Å². The van der Waals surface area contributed by atoms with E-state index in [1.54, 1.807) is 20.0 Å². The summed E-state index contributed by atoms with van der Waals surface area (Å²) in [4.78, 5) is 45.0. The predicted molar refractivity (Wildman–Crippen MR) is 138 cm³/mol. The van der Waals surface area contributed by atoms with Gasteiger partial charge in [0.2, 0.25) is 5.91 Å². The molecule has 2 aromatic rings. The van der Waals surface area contributed by atoms with E-state index in [1.165, 1.54) is 0 Å². The van der Waals surface area contributed by atoms with Crippen LogP contribution in [0.5, 0.6) is 5.75 Å². The average molecular weight is 486 g/mol. The van der Waals surface area contributed by atoms with Gasteiger partial charge in [0.05, 0.1) is 0 Å². The number of hydrogen-bond acceptors (Lipinski definition) is 6. The number of fused-ring (bicyclic) bond motifs is 1. The maximum absolute atomic E-state index is 11.8. The van der Waals surface area contributed by atoms with Gasteiger partial charge in [-0.15, -0.1) is 0 Å². The van der Waals surface area contributed by atoms with E-state index in [9.17, 15) is 19.2 Å². The van der Waals surface area contributed by atoms with E-state index in [2.05, 4.69) is 5.32 Å². The first-order chi connectivity index (χ1) is 16.3. The van der Waals surface area contributed by atoms with Gasteiger partial charge in [-0.3, -0.25) is 9.59 Å². The number of amides is 1. The number of carbonyl (C=O) groups excluding carboxylic acids is 4. The highest BCUT2D eigenvalue weighted by Gasteiger charge is 2.18. The van der Waals surface area contributed by atoms with Crippen molar-refractivity contribution < 1.29 is 28.7 Å². The van der Waals surface area contributed by atoms with Crippen LogP contribution in [0.2, 0.25) is 0 Å². The minimum atomic E-state index is -0.544. The summed E-state index contributed by atoms with van der Waals surface area (Å²) in [5, 5.41) is 4.21. The molecule has 1 atom stereocenters. The third-order valence-corrected chi connectivity index (χ3v) is 5.37. The third kappa shape index (κ3) is 9.89. The van der Waals surface area contributed by atoms with Gasteiger partial charge in [-0.05, 0) is 64.0 Å². The van der Waals surface area contributed by atoms with Gasteiger partial charge in [0, 0.05) is 30.3 Å². The molecule has 35 heavy (non-hydrogen) atoms. The Morgan fingerprint density at radius 2 is 1.74 bits per heavy atom. The monoisotopic (exact) mass is 485 g/mol. The smallest absolute Gasteiger partial charge is 0.344 e. The van der Waals surface area contributed by atoms with Crippen LogP contribution in [0.4, 0.5) is 0 Å². The van der Waals surface area contributed by atoms with E-state index < -0.39 is 11.6 Å². The lowest BCUT2D eigenvalue weighted by molar-refractivity contribution is -0.157. The van der Waals surface area contributed by atoms with Crippen LogP contribution in [0.1, 0.15) is 70.3 Å². The van der Waals surface area contributed by atoms with E-state index in [-0.39, 0.29) is 24.2 Å². The molecule has 0 saturated carbocycles. The topological polar surface area (TPSA) is 98.8 Å². The first-order valence-electron chi connectivity index (χ1n) is 11.8. The molecule has 0 spiro atoms. The number of Topliss-reactive ketones (excluding diaryl/α,β-unsaturated/α-hetero) is 1. The van der Waals surface area contributed by atoms with Gasteiger partial charge in [0.1, 0.15) is 17.6 Å². The van der Waals surface area contributed by atoms with Crippen molar-refractivity contribution in [3.8, 4) is 5.75 Å². The number of aldehydes is 1. The lowest BCUT2D eigenvalue weighted by Gasteiger charge is -2.20. The average Bonchev–Trinajstić information content (AvgIpc) is 2.77. The number of esters is 1. The third-order valence-electron chi connectivity index (χ3n) is 5.37. The Kier molecular flexibility index (Phi) is 11.6. The van der Waals surface area contributed by atoms with Crippen molar-refractivity contribution in [2.24, 2.45) is 11.8 Å². The van der Waals surface area contributed by atoms with E-state index in [1.807, 2.05) is 65.8 Å². The van der Waals surface area contributed by atoms with Crippen LogP contribution in [0, 0.1) is 18.8 Å². The number of ether oxygens (including phenoxy) is 2. The van der Waals surface area contributed by atoms with E-state index in [0.29, 0.717) is 30.1 Å². The molecule has 0 bridgehead atoms. The Balaban J connectivity index is 0.000000434. The summed E-state index contributed by atoms with van der Waals surface area (Å²) in [6, 6.07) is 9.21. The van der Waals surface area contributed by atoms with Crippen LogP contribution in [0.15, 0.2) is 30.3 Å². The summed E-state index contributed by atoms with van der Waals surface area (Å²) in [6.07, 6.45) is 2.03. The molecule has 1 N–H and O–H groups in total. The molecular formula is C28H39NO6. The van der Waals surface area contributed by atoms with E-state index >= 15 is 0 Å². The maximum atomic E-state index is 11.8. The highest BCUT2D eigenvalue weighted by molar-refractivity contribution is 6.09. The first kappa shape index (κ1) is 29.8. The van der Waals surface area contributed by atoms with Gasteiger partial charge < -0.3 is 19.6 Å². The molecule has 0 aliphatic carbocycles. The Labute approximate surface area is 208 Å². The van der Waals surface area contributed by atoms with Crippen molar-refractivity contribution in [2.45, 2.75) is 66.9 Å². The predicted octanol–water partition coefficient (Wildman–Crippen LogP) is 5.06. The van der Waals surface area contributed by atoms with Gasteiger partial charge in [-0.2, -0.15) is 0 Å². The lowest BCUT2D eigenvalue weighted by atomic mass is 9.93. The molecule has 1 amide bonds. The van der Waals surface area contributed by atoms with Crippen molar-refractivity contribution in [3.05, 3.63) is 41.5 Å². The van der Waals surface area contributed by atoms with Crippen LogP contribution in [-0.4, -0.2) is 43.2 Å². The molecule has 0 aromatic heterocycles. The van der Waals surface area contributed by atoms with Crippen molar-refractivity contribution in [1.82, 2.24) is 5.32 Å². The highest BCUT2D eigenvalue weighted by atomic mass is 16.6. The summed E-state index contributed by atoms with van der Waals surface area (Å²) < 4.78 is 10.9. The zero-order chi connectivity index (χ0) is 26.8. The number of hydrogen-bond donors (Lipinski definition) is 1. The summed E-state index contributed by atoms with van der Waals surface area (Å²) in [7, 11) is 1.60. The molecule has 0 aliphatic heterocycles. The van der Waals surface area contributed by atoms with Crippen LogP contribution in [0.3, 0.4) is 0 Å². The Hall–Kier alpha value is -3.22. The van der Waals surface area contributed by atoms with Gasteiger partial charge >= 0.3 is 5.97 Å². The lowest BCUT2D eigenvalue weighted by Crippen LogP contribution is -2.27. The summed E-state index contributed by atoms with van der Waals surface area (Å²) in [5.41, 5.74) is 1.11. The fraction of sp³-hybridized carbons (Fsp3) is 0.500. The zero-order valence-corrected chi connectivity index (χ0v) is 22.2. The molecule has 2 rings (SSSR count). The molecular weight excluding hydrogens is 446 g/mol. The normalized spacial score (nSPS) is 11.8. The van der Waals surface area contributed by atoms with Crippen LogP contribution in [0.25, 0.3) is 10.8 Å². The quantitative estimate of drug-likeness (QED) is 0.303. The Bertz CT molecular complexity index is 1040. The Morgan fingerprint density at radius 1 is 1.09 bits per heavy atom. The number of ketones is 1. The van der Waals surface area contributed by atoms with Crippen molar-refractivity contribution in [2.75, 3.05) is 13.7 Å². The molecule has 2 aromatic carbocycles. The first-order valence-corrected chi connectivity index (χ1v) is 11.8. The highest BCUT2D eigenvalue weighted by Crippen LogP contribution is 2.31. The molecule has 0 radical (unpaired) electrons. The molecule has 1 unspecified atom stereocenters. The fourth-order valence-electron chi connectivity index (χ4n) is 3.46. The number of carbonyl (C=O) groups is 4. The molecule has 192 valence electrons. The van der Waals surface area contributed by atoms with E-state index in [0.717, 1.165) is 22.6 Å². The Morgan fingerprint density at radius 3 is 2.26 bits per heavy atom. The number of nitrogens with one attached hydrogen (secondary N) is 1. The second kappa shape index (κ2) is 13.6. The molecule has 0 saturated heterocycles. The number of rotatable bonds is 9. The summed E-state index contributed by atoms with van der Waals surface area (Å²) in [6.45, 7) is 12.7. The largest absolute Gasteiger partial charge is 0.481 e. The molecule has 0 heterocycles. The van der Waals surface area contributed by atoms with Crippen LogP contribution >= 0.6 is 0 Å². The number of aryl methyl sites for hydroxylation is 1. The maximum Gasteiger partial charge on any atom is 0.344 e. The molecule has 0 aliphatic rings. The van der Waals surface area contributed by atoms with Crippen molar-refractivity contribution in [1.29, 1.82) is 0 Å². The SMILES string of the molecule is CC(=O)c1cccc2c(OCC(=O)OC(C)(C)C)ccc(C)c12.CNC(=O)CCC(C=O)C(C)C. The summed E-state index contributed by atoms with van der Waals surface area (Å²) >= 11 is 0. The molecule has 0 fully saturated rings. The number of benzene rings is 2. The zero-order valence-electron chi connectivity index (χ0n) is 22.2. The van der Waals surface area contributed by atoms with Gasteiger partial charge in [-0.1, -0.05) is 38.1 Å². The standard InChI is InChI=1S/C19H22O4.C9H17NO2/c1-12-9-10-16(22-11-17(21)23-19(3,4)5)15-8-6-7-14(13(2)20)18(12)15;1-7(2)8(6-11)4-5-9(12)10-3/h6-10H,11H2,1-5H3;6-8H,4-5H2,1-3H3,(H,10,12). The fourth-order valence-corrected chi connectivity index (χ4v) is 3.46. The van der Waals surface area contributed by atoms with Gasteiger partial charge in [0.15, 0.2) is 12.4 Å². The van der Waals surface area contributed by atoms with E-state index in [4.69, 9.17) is 9.47 Å². The van der Waals surface area contributed by atoms with Crippen molar-refractivity contribution in [3.63, 3.8) is 0 Å². The van der Waals surface area contributed by atoms with Crippen LogP contribution < -0.4 is 10.1 Å². The minimum absolute atomic E-state index is 0.00231. The molecule has 7 nitrogen and oxygen atoms in total.